The lowest BCUT2D eigenvalue weighted by Gasteiger charge is -2.29. The van der Waals surface area contributed by atoms with E-state index < -0.39 is 0 Å². The van der Waals surface area contributed by atoms with Gasteiger partial charge in [-0.3, -0.25) is 4.79 Å². The molecule has 1 aromatic carbocycles. The third kappa shape index (κ3) is 4.90. The van der Waals surface area contributed by atoms with Crippen LogP contribution in [0.1, 0.15) is 37.0 Å². The van der Waals surface area contributed by atoms with E-state index in [1.54, 1.807) is 30.3 Å². The van der Waals surface area contributed by atoms with Gasteiger partial charge >= 0.3 is 0 Å². The zero-order chi connectivity index (χ0) is 15.7. The first-order valence-corrected chi connectivity index (χ1v) is 7.33. The number of carbonyl (C=O) groups excluding carboxylic acids is 1. The standard InChI is InChI=1S/C17H25NO3/c1-4-11-21-15-9-7-14(8-10-15)16(20)18-12-17(5-2,6-3)13-19/h4,7-10,19H,1,5-6,11-13H2,2-3H3,(H,18,20). The van der Waals surface area contributed by atoms with E-state index in [9.17, 15) is 9.90 Å². The van der Waals surface area contributed by atoms with Gasteiger partial charge in [0.15, 0.2) is 0 Å². The molecule has 0 fully saturated rings. The first-order chi connectivity index (χ1) is 10.1. The molecule has 0 bridgehead atoms. The predicted octanol–water partition coefficient (Wildman–Crippen LogP) is 2.78. The average molecular weight is 291 g/mol. The van der Waals surface area contributed by atoms with Crippen molar-refractivity contribution >= 4 is 5.91 Å². The van der Waals surface area contributed by atoms with Gasteiger partial charge in [-0.2, -0.15) is 0 Å². The van der Waals surface area contributed by atoms with E-state index in [0.717, 1.165) is 12.8 Å². The first-order valence-electron chi connectivity index (χ1n) is 7.33. The molecule has 4 heteroatoms. The third-order valence-electron chi connectivity index (χ3n) is 3.94. The van der Waals surface area contributed by atoms with Gasteiger partial charge in [0.2, 0.25) is 0 Å². The molecule has 1 amide bonds. The van der Waals surface area contributed by atoms with Crippen molar-refractivity contribution in [2.75, 3.05) is 19.8 Å². The Hall–Kier alpha value is -1.81. The summed E-state index contributed by atoms with van der Waals surface area (Å²) in [5, 5.41) is 12.4. The van der Waals surface area contributed by atoms with Crippen LogP contribution in [0.5, 0.6) is 5.75 Å². The molecule has 21 heavy (non-hydrogen) atoms. The minimum absolute atomic E-state index is 0.0780. The summed E-state index contributed by atoms with van der Waals surface area (Å²) in [6.07, 6.45) is 3.33. The second kappa shape index (κ2) is 8.47. The van der Waals surface area contributed by atoms with Crippen molar-refractivity contribution in [2.24, 2.45) is 5.41 Å². The molecule has 1 aromatic rings. The van der Waals surface area contributed by atoms with Gasteiger partial charge in [0.25, 0.3) is 5.91 Å². The second-order valence-corrected chi connectivity index (χ2v) is 5.17. The molecule has 0 spiro atoms. The summed E-state index contributed by atoms with van der Waals surface area (Å²) in [6.45, 7) is 8.63. The van der Waals surface area contributed by atoms with E-state index in [0.29, 0.717) is 24.5 Å². The summed E-state index contributed by atoms with van der Waals surface area (Å²) in [5.74, 6) is 0.572. The SMILES string of the molecule is C=CCOc1ccc(C(=O)NCC(CC)(CC)CO)cc1. The van der Waals surface area contributed by atoms with Gasteiger partial charge in [-0.1, -0.05) is 26.5 Å². The molecule has 0 atom stereocenters. The van der Waals surface area contributed by atoms with Crippen LogP contribution in [0, 0.1) is 5.41 Å². The van der Waals surface area contributed by atoms with Gasteiger partial charge in [0.05, 0.1) is 6.61 Å². The Labute approximate surface area is 126 Å². The summed E-state index contributed by atoms with van der Waals surface area (Å²) in [5.41, 5.74) is 0.350. The van der Waals surface area contributed by atoms with Gasteiger partial charge in [-0.05, 0) is 37.1 Å². The highest BCUT2D eigenvalue weighted by molar-refractivity contribution is 5.94. The summed E-state index contributed by atoms with van der Waals surface area (Å²) < 4.78 is 5.37. The topological polar surface area (TPSA) is 58.6 Å². The number of amides is 1. The normalized spacial score (nSPS) is 11.0. The van der Waals surface area contributed by atoms with Gasteiger partial charge in [0, 0.05) is 17.5 Å². The van der Waals surface area contributed by atoms with Gasteiger partial charge < -0.3 is 15.2 Å². The number of benzene rings is 1. The van der Waals surface area contributed by atoms with Crippen molar-refractivity contribution in [2.45, 2.75) is 26.7 Å². The number of nitrogens with one attached hydrogen (secondary N) is 1. The molecule has 0 unspecified atom stereocenters. The fourth-order valence-electron chi connectivity index (χ4n) is 2.01. The molecule has 4 nitrogen and oxygen atoms in total. The van der Waals surface area contributed by atoms with Gasteiger partial charge in [-0.15, -0.1) is 0 Å². The minimum Gasteiger partial charge on any atom is -0.490 e. The molecule has 0 saturated heterocycles. The van der Waals surface area contributed by atoms with Crippen LogP contribution in [0.15, 0.2) is 36.9 Å². The maximum atomic E-state index is 12.1. The van der Waals surface area contributed by atoms with Crippen molar-refractivity contribution in [1.29, 1.82) is 0 Å². The van der Waals surface area contributed by atoms with Crippen molar-refractivity contribution in [3.05, 3.63) is 42.5 Å². The van der Waals surface area contributed by atoms with Crippen molar-refractivity contribution in [3.8, 4) is 5.75 Å². The maximum absolute atomic E-state index is 12.1. The van der Waals surface area contributed by atoms with Crippen molar-refractivity contribution < 1.29 is 14.6 Å². The smallest absolute Gasteiger partial charge is 0.251 e. The van der Waals surface area contributed by atoms with Crippen LogP contribution in [0.4, 0.5) is 0 Å². The number of ether oxygens (including phenoxy) is 1. The Bertz CT molecular complexity index is 441. The fourth-order valence-corrected chi connectivity index (χ4v) is 2.01. The largest absolute Gasteiger partial charge is 0.490 e. The summed E-state index contributed by atoms with van der Waals surface area (Å²) in [7, 11) is 0. The highest BCUT2D eigenvalue weighted by atomic mass is 16.5. The highest BCUT2D eigenvalue weighted by Crippen LogP contribution is 2.24. The number of hydrogen-bond donors (Lipinski definition) is 2. The van der Waals surface area contributed by atoms with Crippen LogP contribution in [0.3, 0.4) is 0 Å². The molecule has 1 rings (SSSR count). The van der Waals surface area contributed by atoms with Gasteiger partial charge in [-0.25, -0.2) is 0 Å². The van der Waals surface area contributed by atoms with Crippen LogP contribution >= 0.6 is 0 Å². The molecular formula is C17H25NO3. The van der Waals surface area contributed by atoms with Crippen molar-refractivity contribution in [3.63, 3.8) is 0 Å². The quantitative estimate of drug-likeness (QED) is 0.688. The average Bonchev–Trinajstić information content (AvgIpc) is 2.55. The number of rotatable bonds is 9. The monoisotopic (exact) mass is 291 g/mol. The molecule has 0 aliphatic carbocycles. The van der Waals surface area contributed by atoms with E-state index in [2.05, 4.69) is 11.9 Å². The zero-order valence-electron chi connectivity index (χ0n) is 12.9. The highest BCUT2D eigenvalue weighted by Gasteiger charge is 2.25. The summed E-state index contributed by atoms with van der Waals surface area (Å²) >= 11 is 0. The van der Waals surface area contributed by atoms with E-state index in [1.807, 2.05) is 13.8 Å². The molecular weight excluding hydrogens is 266 g/mol. The molecule has 0 saturated carbocycles. The summed E-state index contributed by atoms with van der Waals surface area (Å²) in [4.78, 5) is 12.1. The molecule has 0 aromatic heterocycles. The maximum Gasteiger partial charge on any atom is 0.251 e. The van der Waals surface area contributed by atoms with Crippen LogP contribution in [-0.2, 0) is 0 Å². The van der Waals surface area contributed by atoms with Gasteiger partial charge in [0.1, 0.15) is 12.4 Å². The van der Waals surface area contributed by atoms with E-state index in [1.165, 1.54) is 0 Å². The Balaban J connectivity index is 2.61. The Morgan fingerprint density at radius 2 is 1.95 bits per heavy atom. The van der Waals surface area contributed by atoms with Crippen LogP contribution < -0.4 is 10.1 Å². The Kier molecular flexibility index (Phi) is 6.96. The lowest BCUT2D eigenvalue weighted by Crippen LogP contribution is -2.39. The van der Waals surface area contributed by atoms with Crippen LogP contribution in [0.25, 0.3) is 0 Å². The molecule has 0 aliphatic heterocycles. The number of aliphatic hydroxyl groups excluding tert-OH is 1. The molecule has 0 heterocycles. The Morgan fingerprint density at radius 3 is 2.43 bits per heavy atom. The lowest BCUT2D eigenvalue weighted by molar-refractivity contribution is 0.0851. The van der Waals surface area contributed by atoms with E-state index >= 15 is 0 Å². The van der Waals surface area contributed by atoms with Crippen LogP contribution in [-0.4, -0.2) is 30.8 Å². The number of hydrogen-bond acceptors (Lipinski definition) is 3. The van der Waals surface area contributed by atoms with E-state index in [-0.39, 0.29) is 17.9 Å². The number of aliphatic hydroxyl groups is 1. The fraction of sp³-hybridized carbons (Fsp3) is 0.471. The van der Waals surface area contributed by atoms with Crippen LogP contribution in [0.2, 0.25) is 0 Å². The molecule has 0 aliphatic rings. The minimum atomic E-state index is -0.233. The zero-order valence-corrected chi connectivity index (χ0v) is 12.9. The summed E-state index contributed by atoms with van der Waals surface area (Å²) in [6, 6.07) is 6.98. The predicted molar refractivity (Wildman–Crippen MR) is 84.6 cm³/mol. The Morgan fingerprint density at radius 1 is 1.33 bits per heavy atom. The lowest BCUT2D eigenvalue weighted by atomic mass is 9.83. The first kappa shape index (κ1) is 17.2. The second-order valence-electron chi connectivity index (χ2n) is 5.17. The molecule has 116 valence electrons. The van der Waals surface area contributed by atoms with E-state index in [4.69, 9.17) is 4.74 Å². The van der Waals surface area contributed by atoms with Crippen molar-refractivity contribution in [1.82, 2.24) is 5.32 Å². The molecule has 2 N–H and O–H groups in total. The third-order valence-corrected chi connectivity index (χ3v) is 3.94. The number of carbonyl (C=O) groups is 1. The molecule has 0 radical (unpaired) electrons.